The molecule has 3 heterocycles. The summed E-state index contributed by atoms with van der Waals surface area (Å²) in [6.45, 7) is 2.46. The fourth-order valence-corrected chi connectivity index (χ4v) is 3.74. The molecule has 1 unspecified atom stereocenters. The van der Waals surface area contributed by atoms with E-state index in [-0.39, 0.29) is 23.4 Å². The van der Waals surface area contributed by atoms with Crippen LogP contribution in [0.2, 0.25) is 0 Å². The van der Waals surface area contributed by atoms with Gasteiger partial charge in [0.25, 0.3) is 5.56 Å². The topological polar surface area (TPSA) is 129 Å². The summed E-state index contributed by atoms with van der Waals surface area (Å²) in [5.74, 6) is 0.225. The van der Waals surface area contributed by atoms with Gasteiger partial charge in [0.15, 0.2) is 6.29 Å². The van der Waals surface area contributed by atoms with Crippen LogP contribution in [0, 0.1) is 5.82 Å². The van der Waals surface area contributed by atoms with E-state index in [1.54, 1.807) is 31.3 Å². The third-order valence-electron chi connectivity index (χ3n) is 5.49. The molecule has 3 aromatic heterocycles. The number of nitrogens with one attached hydrogen (secondary N) is 3. The van der Waals surface area contributed by atoms with E-state index in [1.807, 2.05) is 0 Å². The van der Waals surface area contributed by atoms with E-state index in [1.165, 1.54) is 6.07 Å². The van der Waals surface area contributed by atoms with Crippen molar-refractivity contribution in [3.05, 3.63) is 57.9 Å². The summed E-state index contributed by atoms with van der Waals surface area (Å²) >= 11 is 0. The number of rotatable bonds is 8. The molecule has 9 nitrogen and oxygen atoms in total. The Morgan fingerprint density at radius 1 is 1.30 bits per heavy atom. The number of nitrogens with zero attached hydrogens (tertiary/aromatic N) is 3. The van der Waals surface area contributed by atoms with E-state index in [4.69, 9.17) is 4.74 Å². The van der Waals surface area contributed by atoms with Crippen molar-refractivity contribution in [2.75, 3.05) is 18.5 Å². The highest BCUT2D eigenvalue weighted by molar-refractivity contribution is 5.59. The lowest BCUT2D eigenvalue weighted by Crippen LogP contribution is -2.42. The Kier molecular flexibility index (Phi) is 5.60. The number of ether oxygens (including phenoxy) is 1. The molecular formula is C20H23FN6O3. The Balaban J connectivity index is 1.50. The Morgan fingerprint density at radius 2 is 2.13 bits per heavy atom. The molecule has 0 aromatic carbocycles. The lowest BCUT2D eigenvalue weighted by atomic mass is 9.66. The second-order valence-corrected chi connectivity index (χ2v) is 7.30. The van der Waals surface area contributed by atoms with Gasteiger partial charge < -0.3 is 15.2 Å². The molecule has 4 N–H and O–H groups in total. The number of aliphatic hydroxyl groups excluding tert-OH is 1. The third-order valence-corrected chi connectivity index (χ3v) is 5.49. The molecule has 0 spiro atoms. The van der Waals surface area contributed by atoms with Crippen LogP contribution in [0.1, 0.15) is 43.7 Å². The Labute approximate surface area is 171 Å². The van der Waals surface area contributed by atoms with Gasteiger partial charge in [0.05, 0.1) is 11.4 Å². The molecule has 0 amide bonds. The lowest BCUT2D eigenvalue weighted by molar-refractivity contribution is -0.0981. The van der Waals surface area contributed by atoms with Crippen molar-refractivity contribution >= 4 is 5.82 Å². The molecule has 0 saturated heterocycles. The van der Waals surface area contributed by atoms with Gasteiger partial charge in [0.2, 0.25) is 0 Å². The van der Waals surface area contributed by atoms with Gasteiger partial charge in [-0.3, -0.25) is 20.0 Å². The fraction of sp³-hybridized carbons (Fsp3) is 0.400. The minimum Gasteiger partial charge on any atom is -0.368 e. The van der Waals surface area contributed by atoms with Crippen LogP contribution >= 0.6 is 0 Å². The van der Waals surface area contributed by atoms with Crippen molar-refractivity contribution in [1.29, 1.82) is 0 Å². The molecule has 1 aliphatic carbocycles. The SMILES string of the molecule is CCOC(O)c1c(-c2ccc(NCC3(c4ncccc4F)CCC3)nn2)[nH][nH]c1=O. The molecule has 3 aromatic rings. The number of hydrogen-bond acceptors (Lipinski definition) is 7. The predicted octanol–water partition coefficient (Wildman–Crippen LogP) is 2.26. The Bertz CT molecular complexity index is 1060. The summed E-state index contributed by atoms with van der Waals surface area (Å²) in [6, 6.07) is 6.41. The minimum atomic E-state index is -1.37. The fourth-order valence-electron chi connectivity index (χ4n) is 3.74. The van der Waals surface area contributed by atoms with Gasteiger partial charge in [-0.2, -0.15) is 0 Å². The summed E-state index contributed by atoms with van der Waals surface area (Å²) < 4.78 is 19.4. The smallest absolute Gasteiger partial charge is 0.272 e. The molecular weight excluding hydrogens is 391 g/mol. The van der Waals surface area contributed by atoms with Gasteiger partial charge >= 0.3 is 0 Å². The molecule has 10 heteroatoms. The van der Waals surface area contributed by atoms with Crippen molar-refractivity contribution in [2.45, 2.75) is 37.9 Å². The van der Waals surface area contributed by atoms with E-state index in [2.05, 4.69) is 30.7 Å². The monoisotopic (exact) mass is 414 g/mol. The summed E-state index contributed by atoms with van der Waals surface area (Å²) in [5, 5.41) is 26.7. The number of anilines is 1. The van der Waals surface area contributed by atoms with Crippen LogP contribution in [-0.4, -0.2) is 43.6 Å². The average Bonchev–Trinajstić information content (AvgIpc) is 3.10. The Morgan fingerprint density at radius 3 is 2.77 bits per heavy atom. The summed E-state index contributed by atoms with van der Waals surface area (Å²) in [4.78, 5) is 16.2. The van der Waals surface area contributed by atoms with E-state index in [0.29, 0.717) is 29.4 Å². The van der Waals surface area contributed by atoms with Gasteiger partial charge in [0, 0.05) is 24.8 Å². The van der Waals surface area contributed by atoms with Gasteiger partial charge in [-0.15, -0.1) is 10.2 Å². The largest absolute Gasteiger partial charge is 0.368 e. The highest BCUT2D eigenvalue weighted by atomic mass is 19.1. The van der Waals surface area contributed by atoms with Crippen LogP contribution in [0.5, 0.6) is 0 Å². The van der Waals surface area contributed by atoms with Crippen molar-refractivity contribution in [1.82, 2.24) is 25.4 Å². The van der Waals surface area contributed by atoms with Crippen LogP contribution < -0.4 is 10.9 Å². The molecule has 0 aliphatic heterocycles. The minimum absolute atomic E-state index is 0.0471. The zero-order chi connectivity index (χ0) is 21.1. The van der Waals surface area contributed by atoms with Crippen LogP contribution in [0.25, 0.3) is 11.4 Å². The quantitative estimate of drug-likeness (QED) is 0.416. The second kappa shape index (κ2) is 8.33. The first kappa shape index (κ1) is 20.2. The molecule has 1 fully saturated rings. The molecule has 1 aliphatic rings. The average molecular weight is 414 g/mol. The highest BCUT2D eigenvalue weighted by Crippen LogP contribution is 2.43. The van der Waals surface area contributed by atoms with Gasteiger partial charge in [-0.1, -0.05) is 6.42 Å². The first-order valence-electron chi connectivity index (χ1n) is 9.83. The van der Waals surface area contributed by atoms with E-state index < -0.39 is 11.8 Å². The molecule has 158 valence electrons. The van der Waals surface area contributed by atoms with Crippen LogP contribution in [-0.2, 0) is 10.2 Å². The van der Waals surface area contributed by atoms with Gasteiger partial charge in [0.1, 0.15) is 22.9 Å². The van der Waals surface area contributed by atoms with Gasteiger partial charge in [-0.05, 0) is 44.0 Å². The maximum atomic E-state index is 14.3. The van der Waals surface area contributed by atoms with Crippen molar-refractivity contribution < 1.29 is 14.2 Å². The van der Waals surface area contributed by atoms with Crippen LogP contribution in [0.4, 0.5) is 10.2 Å². The molecule has 1 atom stereocenters. The van der Waals surface area contributed by atoms with E-state index in [9.17, 15) is 14.3 Å². The third kappa shape index (κ3) is 3.71. The summed E-state index contributed by atoms with van der Waals surface area (Å²) in [5.41, 5.74) is 0.373. The van der Waals surface area contributed by atoms with Crippen LogP contribution in [0.15, 0.2) is 35.3 Å². The molecule has 1 saturated carbocycles. The molecule has 0 radical (unpaired) electrons. The summed E-state index contributed by atoms with van der Waals surface area (Å²) in [7, 11) is 0. The van der Waals surface area contributed by atoms with E-state index >= 15 is 0 Å². The number of hydrogen-bond donors (Lipinski definition) is 4. The molecule has 30 heavy (non-hydrogen) atoms. The van der Waals surface area contributed by atoms with Crippen molar-refractivity contribution in [3.63, 3.8) is 0 Å². The highest BCUT2D eigenvalue weighted by Gasteiger charge is 2.41. The number of aromatic nitrogens is 5. The first-order valence-corrected chi connectivity index (χ1v) is 9.83. The number of aromatic amines is 2. The summed E-state index contributed by atoms with van der Waals surface area (Å²) in [6.07, 6.45) is 2.96. The standard InChI is InChI=1S/C20H23FN6O3/c1-2-30-19(29)15-16(26-27-18(15)28)13-6-7-14(25-24-13)23-11-20(8-4-9-20)17-12(21)5-3-10-22-17/h3,5-7,10,19,29H,2,4,8-9,11H2,1H3,(H,23,25)(H2,26,27,28). The number of aliphatic hydroxyl groups is 1. The lowest BCUT2D eigenvalue weighted by Gasteiger charge is -2.41. The predicted molar refractivity (Wildman–Crippen MR) is 107 cm³/mol. The van der Waals surface area contributed by atoms with E-state index in [0.717, 1.165) is 19.3 Å². The molecule has 4 rings (SSSR count). The second-order valence-electron chi connectivity index (χ2n) is 7.30. The number of halogens is 1. The normalized spacial score (nSPS) is 16.1. The zero-order valence-corrected chi connectivity index (χ0v) is 16.5. The number of H-pyrrole nitrogens is 2. The Hall–Kier alpha value is -3.11. The first-order chi connectivity index (χ1) is 14.5. The van der Waals surface area contributed by atoms with Gasteiger partial charge in [-0.25, -0.2) is 4.39 Å². The molecule has 0 bridgehead atoms. The van der Waals surface area contributed by atoms with Crippen LogP contribution in [0.3, 0.4) is 0 Å². The van der Waals surface area contributed by atoms with Crippen molar-refractivity contribution in [2.24, 2.45) is 0 Å². The van der Waals surface area contributed by atoms with Crippen molar-refractivity contribution in [3.8, 4) is 11.4 Å². The maximum absolute atomic E-state index is 14.3. The number of pyridine rings is 1. The maximum Gasteiger partial charge on any atom is 0.272 e. The zero-order valence-electron chi connectivity index (χ0n) is 16.5.